The standard InChI is InChI=1S/C44H27N3.C43H31N3.C40H25N3/c1-2-15-32-28(11-1)12-10-21-33(32)29-23-24-42-39(26-29)36-18-7-8-22-41(36)47(42)31-14-9-13-30(25-31)40-27-45-43-37-19-5-3-16-34(37)35-17-4-6-20-38(35)44(43)46-40;1-26-21-27(2)41(28(3)22-26)30-19-20-40-37(24-30)34-15-8-9-18-39(34)46(40)31-12-10-11-29(23-31)38-25-44-42-35-16-6-4-13-32(35)33-14-5-7-17-36(33)43(42)45-38;1-2-11-26(12-3-1)27-21-22-38-35(24-27)32-17-8-9-20-37(32)43(38)29-14-10-13-28(23-29)36-25-41-39-33-18-6-4-15-30(33)31-16-5-7-19-34(31)40(39)42-36/h1-27H;4-25H,1-3H3;1-25H. The van der Waals surface area contributed by atoms with Crippen molar-refractivity contribution in [3.8, 4) is 84.2 Å². The Balaban J connectivity index is 0.000000106. The van der Waals surface area contributed by atoms with Gasteiger partial charge >= 0.3 is 0 Å². The monoisotopic (exact) mass is 1730 g/mol. The van der Waals surface area contributed by atoms with Crippen LogP contribution >= 0.6 is 0 Å². The van der Waals surface area contributed by atoms with Crippen LogP contribution in [0.1, 0.15) is 16.7 Å². The molecule has 0 unspecified atom stereocenters. The largest absolute Gasteiger partial charge is 0.309 e. The van der Waals surface area contributed by atoms with Gasteiger partial charge in [-0.25, -0.2) is 15.0 Å². The number of benzene rings is 22. The van der Waals surface area contributed by atoms with Crippen LogP contribution in [0, 0.1) is 20.8 Å². The van der Waals surface area contributed by atoms with Crippen LogP contribution in [0.3, 0.4) is 0 Å². The second-order valence-corrected chi connectivity index (χ2v) is 35.7. The number of aromatic nitrogens is 9. The van der Waals surface area contributed by atoms with E-state index in [1.54, 1.807) is 0 Å². The number of aryl methyl sites for hydroxylation is 3. The number of para-hydroxylation sites is 3. The SMILES string of the molecule is Cc1cc(C)c(-c2ccc3c(c2)c2ccccc2n3-c2cccc(-c3cnc4c5ccccc5c5ccccc5c4n3)c2)c(C)c1.c1cc(-c2cnc3c4ccccc4c4ccccc4c3n2)cc(-n2c3ccccc3c3cc(-c4cccc5ccccc45)ccc32)c1.c1ccc(-c2ccc3c(c2)c2ccccc2n3-c2cccc(-c3cnc4c5ccccc5c5ccccc5c4n3)c2)cc1. The molecule has 6 aromatic heterocycles. The van der Waals surface area contributed by atoms with Crippen LogP contribution in [0.15, 0.2) is 449 Å². The second-order valence-electron chi connectivity index (χ2n) is 35.7. The maximum Gasteiger partial charge on any atom is 0.0979 e. The summed E-state index contributed by atoms with van der Waals surface area (Å²) in [6, 6.07) is 154. The van der Waals surface area contributed by atoms with Gasteiger partial charge in [-0.3, -0.25) is 15.0 Å². The molecule has 0 radical (unpaired) electrons. The highest BCUT2D eigenvalue weighted by molar-refractivity contribution is 6.26. The summed E-state index contributed by atoms with van der Waals surface area (Å²) >= 11 is 0. The fourth-order valence-electron chi connectivity index (χ4n) is 21.7. The fraction of sp³-hybridized carbons (Fsp3) is 0.0236. The predicted molar refractivity (Wildman–Crippen MR) is 571 cm³/mol. The Labute approximate surface area is 783 Å². The van der Waals surface area contributed by atoms with E-state index in [1.807, 2.05) is 18.6 Å². The van der Waals surface area contributed by atoms with Crippen LogP contribution in [0.25, 0.3) is 258 Å². The third-order valence-electron chi connectivity index (χ3n) is 27.7. The molecule has 0 atom stereocenters. The van der Waals surface area contributed by atoms with E-state index in [1.165, 1.54) is 159 Å². The Bertz CT molecular complexity index is 9690. The number of hydrogen-bond acceptors (Lipinski definition) is 6. The lowest BCUT2D eigenvalue weighted by Gasteiger charge is -2.13. The Morgan fingerprint density at radius 3 is 0.846 bits per heavy atom. The molecule has 0 N–H and O–H groups in total. The molecule has 6 heterocycles. The van der Waals surface area contributed by atoms with Crippen molar-refractivity contribution in [1.82, 2.24) is 43.6 Å². The second kappa shape index (κ2) is 32.3. The van der Waals surface area contributed by atoms with Gasteiger partial charge in [0.05, 0.1) is 102 Å². The summed E-state index contributed by atoms with van der Waals surface area (Å²) in [4.78, 5) is 30.8. The molecular formula is C127H83N9. The molecular weight excluding hydrogens is 1650 g/mol. The summed E-state index contributed by atoms with van der Waals surface area (Å²) in [6.45, 7) is 6.60. The zero-order chi connectivity index (χ0) is 90.2. The molecule has 0 aliphatic heterocycles. The van der Waals surface area contributed by atoms with Crippen LogP contribution in [0.4, 0.5) is 0 Å². The van der Waals surface area contributed by atoms with Crippen molar-refractivity contribution in [1.29, 1.82) is 0 Å². The molecule has 0 fully saturated rings. The lowest BCUT2D eigenvalue weighted by molar-refractivity contribution is 1.18. The van der Waals surface area contributed by atoms with Gasteiger partial charge in [0, 0.05) is 98.4 Å². The number of fused-ring (bicyclic) bond motifs is 28. The molecule has 136 heavy (non-hydrogen) atoms. The average Bonchev–Trinajstić information content (AvgIpc) is 1.28. The van der Waals surface area contributed by atoms with Crippen LogP contribution in [0.5, 0.6) is 0 Å². The molecule has 9 nitrogen and oxygen atoms in total. The van der Waals surface area contributed by atoms with E-state index in [0.717, 1.165) is 116 Å². The number of nitrogens with zero attached hydrogens (tertiary/aromatic N) is 9. The summed E-state index contributed by atoms with van der Waals surface area (Å²) in [6.07, 6.45) is 5.76. The van der Waals surface area contributed by atoms with Crippen molar-refractivity contribution >= 4 is 174 Å². The minimum atomic E-state index is 0.860. The summed E-state index contributed by atoms with van der Waals surface area (Å²) in [7, 11) is 0. The van der Waals surface area contributed by atoms with Gasteiger partial charge in [0.2, 0.25) is 0 Å². The van der Waals surface area contributed by atoms with Crippen molar-refractivity contribution < 1.29 is 0 Å². The van der Waals surface area contributed by atoms with E-state index in [-0.39, 0.29) is 0 Å². The zero-order valence-electron chi connectivity index (χ0n) is 74.7. The van der Waals surface area contributed by atoms with Crippen molar-refractivity contribution in [3.05, 3.63) is 466 Å². The summed E-state index contributed by atoms with van der Waals surface area (Å²) < 4.78 is 7.11. The van der Waals surface area contributed by atoms with E-state index in [4.69, 9.17) is 29.9 Å². The molecule has 0 spiro atoms. The van der Waals surface area contributed by atoms with Gasteiger partial charge in [-0.2, -0.15) is 0 Å². The van der Waals surface area contributed by atoms with E-state index in [2.05, 4.69) is 465 Å². The van der Waals surface area contributed by atoms with Gasteiger partial charge in [0.1, 0.15) is 0 Å². The van der Waals surface area contributed by atoms with Gasteiger partial charge in [0.15, 0.2) is 0 Å². The highest BCUT2D eigenvalue weighted by atomic mass is 15.0. The quantitative estimate of drug-likeness (QED) is 0.134. The van der Waals surface area contributed by atoms with Gasteiger partial charge in [-0.1, -0.05) is 345 Å². The Kier molecular flexibility index (Phi) is 18.8. The van der Waals surface area contributed by atoms with Crippen molar-refractivity contribution in [2.75, 3.05) is 0 Å². The first-order valence-corrected chi connectivity index (χ1v) is 46.4. The summed E-state index contributed by atoms with van der Waals surface area (Å²) in [5.41, 5.74) is 33.1. The van der Waals surface area contributed by atoms with Crippen LogP contribution < -0.4 is 0 Å². The molecule has 0 amide bonds. The van der Waals surface area contributed by atoms with Crippen LogP contribution in [-0.2, 0) is 0 Å². The van der Waals surface area contributed by atoms with E-state index in [0.29, 0.717) is 0 Å². The third-order valence-corrected chi connectivity index (χ3v) is 27.7. The maximum absolute atomic E-state index is 5.27. The average molecular weight is 1740 g/mol. The molecule has 0 saturated carbocycles. The van der Waals surface area contributed by atoms with Crippen molar-refractivity contribution in [3.63, 3.8) is 0 Å². The molecule has 28 aromatic rings. The minimum Gasteiger partial charge on any atom is -0.309 e. The first-order chi connectivity index (χ1) is 67.2. The Morgan fingerprint density at radius 1 is 0.176 bits per heavy atom. The van der Waals surface area contributed by atoms with Gasteiger partial charge in [-0.05, 0) is 199 Å². The topological polar surface area (TPSA) is 92.1 Å². The molecule has 0 saturated heterocycles. The molecule has 0 aliphatic carbocycles. The van der Waals surface area contributed by atoms with Crippen molar-refractivity contribution in [2.24, 2.45) is 0 Å². The summed E-state index contributed by atoms with van der Waals surface area (Å²) in [5.74, 6) is 0. The summed E-state index contributed by atoms with van der Waals surface area (Å²) in [5, 5.41) is 23.9. The smallest absolute Gasteiger partial charge is 0.0979 e. The van der Waals surface area contributed by atoms with Gasteiger partial charge in [0.25, 0.3) is 0 Å². The third kappa shape index (κ3) is 13.1. The molecule has 0 bridgehead atoms. The molecule has 9 heteroatoms. The van der Waals surface area contributed by atoms with Crippen molar-refractivity contribution in [2.45, 2.75) is 20.8 Å². The Hall–Kier alpha value is -17.9. The first kappa shape index (κ1) is 79.1. The normalized spacial score (nSPS) is 11.8. The van der Waals surface area contributed by atoms with E-state index < -0.39 is 0 Å². The Morgan fingerprint density at radius 2 is 0.456 bits per heavy atom. The highest BCUT2D eigenvalue weighted by Gasteiger charge is 2.23. The van der Waals surface area contributed by atoms with Crippen LogP contribution in [-0.4, -0.2) is 43.6 Å². The zero-order valence-corrected chi connectivity index (χ0v) is 74.7. The lowest BCUT2D eigenvalue weighted by Crippen LogP contribution is -1.96. The van der Waals surface area contributed by atoms with Gasteiger partial charge < -0.3 is 13.7 Å². The van der Waals surface area contributed by atoms with E-state index >= 15 is 0 Å². The fourth-order valence-corrected chi connectivity index (χ4v) is 21.7. The molecule has 0 aliphatic rings. The highest BCUT2D eigenvalue weighted by Crippen LogP contribution is 2.45. The van der Waals surface area contributed by atoms with Gasteiger partial charge in [-0.15, -0.1) is 0 Å². The van der Waals surface area contributed by atoms with Crippen LogP contribution in [0.2, 0.25) is 0 Å². The molecule has 636 valence electrons. The molecule has 28 rings (SSSR count). The van der Waals surface area contributed by atoms with E-state index in [9.17, 15) is 0 Å². The predicted octanol–water partition coefficient (Wildman–Crippen LogP) is 33.2. The minimum absolute atomic E-state index is 0.860. The first-order valence-electron chi connectivity index (χ1n) is 46.4. The maximum atomic E-state index is 5.27. The number of hydrogen-bond donors (Lipinski definition) is 0. The lowest BCUT2D eigenvalue weighted by atomic mass is 9.93. The number of rotatable bonds is 9. The molecule has 22 aromatic carbocycles.